The van der Waals surface area contributed by atoms with E-state index < -0.39 is 5.82 Å². The molecule has 1 aromatic heterocycles. The second-order valence-corrected chi connectivity index (χ2v) is 4.81. The highest BCUT2D eigenvalue weighted by Gasteiger charge is 2.10. The number of aliphatic hydroxyl groups excluding tert-OH is 1. The number of rotatable bonds is 7. The maximum absolute atomic E-state index is 13.3. The van der Waals surface area contributed by atoms with E-state index in [0.717, 1.165) is 0 Å². The molecule has 0 saturated carbocycles. The fraction of sp³-hybridized carbons (Fsp3) is 0.312. The van der Waals surface area contributed by atoms with Crippen molar-refractivity contribution in [3.8, 4) is 11.5 Å². The van der Waals surface area contributed by atoms with E-state index in [-0.39, 0.29) is 18.1 Å². The van der Waals surface area contributed by atoms with E-state index in [0.29, 0.717) is 36.5 Å². The van der Waals surface area contributed by atoms with Gasteiger partial charge in [-0.1, -0.05) is 12.1 Å². The summed E-state index contributed by atoms with van der Waals surface area (Å²) < 4.78 is 18.7. The SMILES string of the molecule is Cc1ncc(CO)c(CNCCOc2ccccc2F)c1O. The molecule has 0 aliphatic carbocycles. The van der Waals surface area contributed by atoms with Crippen molar-refractivity contribution in [2.75, 3.05) is 13.2 Å². The number of aromatic hydroxyl groups is 1. The summed E-state index contributed by atoms with van der Waals surface area (Å²) in [4.78, 5) is 4.00. The average Bonchev–Trinajstić information content (AvgIpc) is 2.52. The topological polar surface area (TPSA) is 74.6 Å². The van der Waals surface area contributed by atoms with E-state index in [1.54, 1.807) is 31.3 Å². The van der Waals surface area contributed by atoms with Gasteiger partial charge in [0.05, 0.1) is 12.3 Å². The van der Waals surface area contributed by atoms with Gasteiger partial charge in [-0.05, 0) is 19.1 Å². The van der Waals surface area contributed by atoms with Gasteiger partial charge in [-0.3, -0.25) is 4.98 Å². The number of benzene rings is 1. The lowest BCUT2D eigenvalue weighted by atomic mass is 10.1. The summed E-state index contributed by atoms with van der Waals surface area (Å²) in [6, 6.07) is 6.22. The molecule has 6 heteroatoms. The number of nitrogens with one attached hydrogen (secondary N) is 1. The minimum atomic E-state index is -0.396. The highest BCUT2D eigenvalue weighted by atomic mass is 19.1. The van der Waals surface area contributed by atoms with Gasteiger partial charge in [0.25, 0.3) is 0 Å². The van der Waals surface area contributed by atoms with E-state index in [1.807, 2.05) is 0 Å². The zero-order chi connectivity index (χ0) is 15.9. The summed E-state index contributed by atoms with van der Waals surface area (Å²) in [5.74, 6) is -0.107. The van der Waals surface area contributed by atoms with Crippen molar-refractivity contribution in [2.24, 2.45) is 0 Å². The smallest absolute Gasteiger partial charge is 0.165 e. The summed E-state index contributed by atoms with van der Waals surface area (Å²) >= 11 is 0. The third-order valence-corrected chi connectivity index (χ3v) is 3.28. The zero-order valence-corrected chi connectivity index (χ0v) is 12.3. The molecule has 5 nitrogen and oxygen atoms in total. The van der Waals surface area contributed by atoms with Crippen LogP contribution in [0.1, 0.15) is 16.8 Å². The van der Waals surface area contributed by atoms with Crippen LogP contribution in [0.2, 0.25) is 0 Å². The Hall–Kier alpha value is -2.18. The molecule has 0 atom stereocenters. The van der Waals surface area contributed by atoms with Gasteiger partial charge < -0.3 is 20.3 Å². The van der Waals surface area contributed by atoms with Crippen LogP contribution in [0.4, 0.5) is 4.39 Å². The lowest BCUT2D eigenvalue weighted by Gasteiger charge is -2.13. The lowest BCUT2D eigenvalue weighted by molar-refractivity contribution is 0.277. The predicted octanol–water partition coefficient (Wildman–Crippen LogP) is 1.90. The van der Waals surface area contributed by atoms with E-state index in [9.17, 15) is 14.6 Å². The highest BCUT2D eigenvalue weighted by molar-refractivity contribution is 5.40. The monoisotopic (exact) mass is 306 g/mol. The second kappa shape index (κ2) is 7.72. The standard InChI is InChI=1S/C16H19FN2O3/c1-11-16(21)13(12(10-20)8-19-11)9-18-6-7-22-15-5-3-2-4-14(15)17/h2-5,8,18,20-21H,6-7,9-10H2,1H3. The van der Waals surface area contributed by atoms with Crippen LogP contribution in [0, 0.1) is 12.7 Å². The molecule has 0 aliphatic heterocycles. The maximum Gasteiger partial charge on any atom is 0.165 e. The van der Waals surface area contributed by atoms with Gasteiger partial charge in [0, 0.05) is 30.4 Å². The predicted molar refractivity (Wildman–Crippen MR) is 80.2 cm³/mol. The molecule has 2 aromatic rings. The molecule has 0 amide bonds. The Kier molecular flexibility index (Phi) is 5.68. The molecule has 0 saturated heterocycles. The quantitative estimate of drug-likeness (QED) is 0.681. The summed E-state index contributed by atoms with van der Waals surface area (Å²) in [5.41, 5.74) is 1.70. The van der Waals surface area contributed by atoms with Crippen LogP contribution in [-0.4, -0.2) is 28.3 Å². The molecule has 2 rings (SSSR count). The fourth-order valence-electron chi connectivity index (χ4n) is 2.03. The lowest BCUT2D eigenvalue weighted by Crippen LogP contribution is -2.21. The van der Waals surface area contributed by atoms with Crippen molar-refractivity contribution in [1.29, 1.82) is 0 Å². The number of ether oxygens (including phenoxy) is 1. The van der Waals surface area contributed by atoms with Crippen molar-refractivity contribution >= 4 is 0 Å². The van der Waals surface area contributed by atoms with E-state index in [4.69, 9.17) is 4.74 Å². The van der Waals surface area contributed by atoms with Crippen molar-refractivity contribution in [2.45, 2.75) is 20.1 Å². The molecule has 0 radical (unpaired) electrons. The number of aryl methyl sites for hydroxylation is 1. The van der Waals surface area contributed by atoms with Gasteiger partial charge in [-0.25, -0.2) is 4.39 Å². The van der Waals surface area contributed by atoms with Crippen LogP contribution in [-0.2, 0) is 13.2 Å². The van der Waals surface area contributed by atoms with E-state index in [2.05, 4.69) is 10.3 Å². The Balaban J connectivity index is 1.85. The number of pyridine rings is 1. The number of para-hydroxylation sites is 1. The normalized spacial score (nSPS) is 10.7. The third kappa shape index (κ3) is 3.93. The Morgan fingerprint density at radius 2 is 2.09 bits per heavy atom. The van der Waals surface area contributed by atoms with Crippen molar-refractivity contribution in [1.82, 2.24) is 10.3 Å². The van der Waals surface area contributed by atoms with E-state index >= 15 is 0 Å². The number of hydrogen-bond acceptors (Lipinski definition) is 5. The summed E-state index contributed by atoms with van der Waals surface area (Å²) in [6.45, 7) is 2.64. The molecule has 0 fully saturated rings. The second-order valence-electron chi connectivity index (χ2n) is 4.81. The molecule has 3 N–H and O–H groups in total. The summed E-state index contributed by atoms with van der Waals surface area (Å²) in [5, 5.41) is 22.3. The molecule has 0 spiro atoms. The van der Waals surface area contributed by atoms with Crippen LogP contribution >= 0.6 is 0 Å². The Morgan fingerprint density at radius 3 is 2.82 bits per heavy atom. The Bertz CT molecular complexity index is 635. The molecule has 0 unspecified atom stereocenters. The molecule has 1 aromatic carbocycles. The minimum Gasteiger partial charge on any atom is -0.506 e. The fourth-order valence-corrected chi connectivity index (χ4v) is 2.03. The van der Waals surface area contributed by atoms with Crippen LogP contribution in [0.15, 0.2) is 30.5 Å². The van der Waals surface area contributed by atoms with Gasteiger partial charge in [-0.15, -0.1) is 0 Å². The van der Waals surface area contributed by atoms with Gasteiger partial charge in [0.1, 0.15) is 12.4 Å². The molecular weight excluding hydrogens is 287 g/mol. The van der Waals surface area contributed by atoms with Crippen molar-refractivity contribution in [3.05, 3.63) is 53.1 Å². The Morgan fingerprint density at radius 1 is 1.32 bits per heavy atom. The first-order valence-electron chi connectivity index (χ1n) is 6.98. The summed E-state index contributed by atoms with van der Waals surface area (Å²) in [7, 11) is 0. The third-order valence-electron chi connectivity index (χ3n) is 3.28. The Labute approximate surface area is 128 Å². The van der Waals surface area contributed by atoms with Crippen LogP contribution < -0.4 is 10.1 Å². The van der Waals surface area contributed by atoms with Crippen molar-refractivity contribution < 1.29 is 19.3 Å². The highest BCUT2D eigenvalue weighted by Crippen LogP contribution is 2.23. The van der Waals surface area contributed by atoms with Gasteiger partial charge in [0.15, 0.2) is 11.6 Å². The molecular formula is C16H19FN2O3. The van der Waals surface area contributed by atoms with Crippen LogP contribution in [0.5, 0.6) is 11.5 Å². The largest absolute Gasteiger partial charge is 0.506 e. The number of aromatic nitrogens is 1. The molecule has 1 heterocycles. The minimum absolute atomic E-state index is 0.0778. The first kappa shape index (κ1) is 16.2. The molecule has 22 heavy (non-hydrogen) atoms. The van der Waals surface area contributed by atoms with Gasteiger partial charge >= 0.3 is 0 Å². The average molecular weight is 306 g/mol. The van der Waals surface area contributed by atoms with Crippen molar-refractivity contribution in [3.63, 3.8) is 0 Å². The first-order valence-corrected chi connectivity index (χ1v) is 6.98. The zero-order valence-electron chi connectivity index (χ0n) is 12.3. The summed E-state index contributed by atoms with van der Waals surface area (Å²) in [6.07, 6.45) is 1.54. The van der Waals surface area contributed by atoms with Crippen LogP contribution in [0.25, 0.3) is 0 Å². The number of hydrogen-bond donors (Lipinski definition) is 3. The number of nitrogens with zero attached hydrogens (tertiary/aromatic N) is 1. The number of halogens is 1. The molecule has 0 aliphatic rings. The number of aliphatic hydroxyl groups is 1. The molecule has 118 valence electrons. The van der Waals surface area contributed by atoms with E-state index in [1.165, 1.54) is 6.07 Å². The van der Waals surface area contributed by atoms with Crippen LogP contribution in [0.3, 0.4) is 0 Å². The first-order chi connectivity index (χ1) is 10.6. The molecule has 0 bridgehead atoms. The van der Waals surface area contributed by atoms with Gasteiger partial charge in [0.2, 0.25) is 0 Å². The van der Waals surface area contributed by atoms with Gasteiger partial charge in [-0.2, -0.15) is 0 Å². The maximum atomic E-state index is 13.3.